The second-order valence-corrected chi connectivity index (χ2v) is 6.41. The average Bonchev–Trinajstić information content (AvgIpc) is 2.46. The summed E-state index contributed by atoms with van der Waals surface area (Å²) in [5, 5.41) is 11.5. The summed E-state index contributed by atoms with van der Waals surface area (Å²) >= 11 is 0. The molecule has 0 aliphatic heterocycles. The minimum atomic E-state index is -3.07. The molecule has 3 N–H and O–H groups in total. The molecule has 0 spiro atoms. The van der Waals surface area contributed by atoms with Gasteiger partial charge < -0.3 is 20.4 Å². The zero-order valence-corrected chi connectivity index (χ0v) is 12.2. The summed E-state index contributed by atoms with van der Waals surface area (Å²) in [6.45, 7) is 1.62. The molecule has 0 bridgehead atoms. The standard InChI is InChI=1S/C12H18N2O5S/c1-3-20(16,17)7-6-19-10-5-4-9(12(13)14-15)8-11(10)18-2/h4-5,8,15H,3,6-7H2,1-2H3,(H2,13,14). The van der Waals surface area contributed by atoms with Crippen LogP contribution in [0.2, 0.25) is 0 Å². The summed E-state index contributed by atoms with van der Waals surface area (Å²) in [7, 11) is -1.63. The van der Waals surface area contributed by atoms with Gasteiger partial charge in [-0.3, -0.25) is 0 Å². The van der Waals surface area contributed by atoms with Crippen LogP contribution in [0.1, 0.15) is 12.5 Å². The fourth-order valence-electron chi connectivity index (χ4n) is 1.43. The second kappa shape index (κ2) is 6.99. The van der Waals surface area contributed by atoms with Crippen molar-refractivity contribution in [3.63, 3.8) is 0 Å². The number of sulfone groups is 1. The Morgan fingerprint density at radius 2 is 2.10 bits per heavy atom. The largest absolute Gasteiger partial charge is 0.493 e. The van der Waals surface area contributed by atoms with Crippen molar-refractivity contribution in [2.75, 3.05) is 25.2 Å². The third-order valence-corrected chi connectivity index (χ3v) is 4.33. The zero-order valence-electron chi connectivity index (χ0n) is 11.4. The molecule has 1 rings (SSSR count). The fraction of sp³-hybridized carbons (Fsp3) is 0.417. The lowest BCUT2D eigenvalue weighted by atomic mass is 10.2. The van der Waals surface area contributed by atoms with Crippen LogP contribution in [-0.4, -0.2) is 44.7 Å². The molecule has 0 unspecified atom stereocenters. The molecule has 0 saturated carbocycles. The molecule has 0 atom stereocenters. The van der Waals surface area contributed by atoms with Crippen LogP contribution in [0.25, 0.3) is 0 Å². The lowest BCUT2D eigenvalue weighted by molar-refractivity contribution is 0.311. The lowest BCUT2D eigenvalue weighted by Gasteiger charge is -2.11. The van der Waals surface area contributed by atoms with Gasteiger partial charge in [0, 0.05) is 11.3 Å². The maximum absolute atomic E-state index is 11.4. The summed E-state index contributed by atoms with van der Waals surface area (Å²) in [5.41, 5.74) is 5.94. The molecule has 0 heterocycles. The van der Waals surface area contributed by atoms with Gasteiger partial charge in [-0.1, -0.05) is 12.1 Å². The zero-order chi connectivity index (χ0) is 15.2. The van der Waals surface area contributed by atoms with Gasteiger partial charge in [-0.15, -0.1) is 0 Å². The molecular formula is C12H18N2O5S. The highest BCUT2D eigenvalue weighted by Gasteiger charge is 2.11. The number of nitrogens with two attached hydrogens (primary N) is 1. The van der Waals surface area contributed by atoms with Gasteiger partial charge >= 0.3 is 0 Å². The fourth-order valence-corrected chi connectivity index (χ4v) is 2.05. The number of nitrogens with zero attached hydrogens (tertiary/aromatic N) is 1. The maximum atomic E-state index is 11.4. The van der Waals surface area contributed by atoms with Crippen LogP contribution in [0.3, 0.4) is 0 Å². The van der Waals surface area contributed by atoms with E-state index in [4.69, 9.17) is 20.4 Å². The molecule has 1 aromatic rings. The third kappa shape index (κ3) is 4.30. The van der Waals surface area contributed by atoms with Crippen LogP contribution in [-0.2, 0) is 9.84 Å². The second-order valence-electron chi connectivity index (χ2n) is 3.94. The van der Waals surface area contributed by atoms with Crippen LogP contribution in [0.5, 0.6) is 11.5 Å². The summed E-state index contributed by atoms with van der Waals surface area (Å²) in [4.78, 5) is 0. The Morgan fingerprint density at radius 3 is 2.65 bits per heavy atom. The number of rotatable bonds is 7. The minimum Gasteiger partial charge on any atom is -0.493 e. The Bertz CT molecular complexity index is 584. The maximum Gasteiger partial charge on any atom is 0.170 e. The molecular weight excluding hydrogens is 284 g/mol. The SMILES string of the molecule is CCS(=O)(=O)CCOc1ccc(/C(N)=N/O)cc1OC. The quantitative estimate of drug-likeness (QED) is 0.330. The molecule has 0 aromatic heterocycles. The van der Waals surface area contributed by atoms with Gasteiger partial charge in [0.05, 0.1) is 12.9 Å². The third-order valence-electron chi connectivity index (χ3n) is 2.66. The van der Waals surface area contributed by atoms with Crippen LogP contribution in [0.15, 0.2) is 23.4 Å². The van der Waals surface area contributed by atoms with Gasteiger partial charge in [0.15, 0.2) is 27.2 Å². The first-order valence-corrected chi connectivity index (χ1v) is 7.74. The monoisotopic (exact) mass is 302 g/mol. The Labute approximate surface area is 117 Å². The molecule has 0 fully saturated rings. The van der Waals surface area contributed by atoms with E-state index in [9.17, 15) is 8.42 Å². The highest BCUT2D eigenvalue weighted by molar-refractivity contribution is 7.91. The number of ether oxygens (including phenoxy) is 2. The normalized spacial score (nSPS) is 12.2. The van der Waals surface area contributed by atoms with E-state index in [0.717, 1.165) is 0 Å². The molecule has 8 heteroatoms. The van der Waals surface area contributed by atoms with E-state index >= 15 is 0 Å². The van der Waals surface area contributed by atoms with Crippen molar-refractivity contribution in [2.45, 2.75) is 6.92 Å². The van der Waals surface area contributed by atoms with Crippen molar-refractivity contribution in [2.24, 2.45) is 10.9 Å². The Morgan fingerprint density at radius 1 is 1.40 bits per heavy atom. The van der Waals surface area contributed by atoms with E-state index in [1.807, 2.05) is 0 Å². The highest BCUT2D eigenvalue weighted by Crippen LogP contribution is 2.28. The van der Waals surface area contributed by atoms with Crippen molar-refractivity contribution in [1.29, 1.82) is 0 Å². The first kappa shape index (κ1) is 16.1. The van der Waals surface area contributed by atoms with Crippen LogP contribution in [0.4, 0.5) is 0 Å². The lowest BCUT2D eigenvalue weighted by Crippen LogP contribution is -2.16. The predicted molar refractivity (Wildman–Crippen MR) is 75.3 cm³/mol. The van der Waals surface area contributed by atoms with Crippen molar-refractivity contribution in [3.8, 4) is 11.5 Å². The first-order chi connectivity index (χ1) is 9.43. The van der Waals surface area contributed by atoms with E-state index in [1.54, 1.807) is 25.1 Å². The molecule has 7 nitrogen and oxygen atoms in total. The Kier molecular flexibility index (Phi) is 5.63. The van der Waals surface area contributed by atoms with E-state index in [0.29, 0.717) is 17.1 Å². The summed E-state index contributed by atoms with van der Waals surface area (Å²) in [6, 6.07) is 4.70. The molecule has 1 aromatic carbocycles. The molecule has 0 aliphatic carbocycles. The number of methoxy groups -OCH3 is 1. The minimum absolute atomic E-state index is 0.0372. The van der Waals surface area contributed by atoms with E-state index < -0.39 is 9.84 Å². The van der Waals surface area contributed by atoms with Gasteiger partial charge in [0.2, 0.25) is 0 Å². The number of hydrogen-bond donors (Lipinski definition) is 2. The molecule has 20 heavy (non-hydrogen) atoms. The summed E-state index contributed by atoms with van der Waals surface area (Å²) < 4.78 is 33.2. The van der Waals surface area contributed by atoms with Gasteiger partial charge in [0.1, 0.15) is 6.61 Å². The number of benzene rings is 1. The molecule has 0 saturated heterocycles. The Balaban J connectivity index is 2.81. The van der Waals surface area contributed by atoms with Crippen LogP contribution < -0.4 is 15.2 Å². The average molecular weight is 302 g/mol. The van der Waals surface area contributed by atoms with Gasteiger partial charge in [0.25, 0.3) is 0 Å². The van der Waals surface area contributed by atoms with Crippen LogP contribution in [0, 0.1) is 0 Å². The van der Waals surface area contributed by atoms with Crippen molar-refractivity contribution >= 4 is 15.7 Å². The first-order valence-electron chi connectivity index (χ1n) is 5.92. The molecule has 0 aliphatic rings. The van der Waals surface area contributed by atoms with Crippen molar-refractivity contribution in [1.82, 2.24) is 0 Å². The van der Waals surface area contributed by atoms with E-state index in [2.05, 4.69) is 5.16 Å². The van der Waals surface area contributed by atoms with E-state index in [-0.39, 0.29) is 23.9 Å². The van der Waals surface area contributed by atoms with Crippen molar-refractivity contribution < 1.29 is 23.1 Å². The van der Waals surface area contributed by atoms with Gasteiger partial charge in [-0.2, -0.15) is 0 Å². The van der Waals surface area contributed by atoms with Crippen LogP contribution >= 0.6 is 0 Å². The predicted octanol–water partition coefficient (Wildman–Crippen LogP) is 0.603. The summed E-state index contributed by atoms with van der Waals surface area (Å²) in [5.74, 6) is 0.740. The van der Waals surface area contributed by atoms with Gasteiger partial charge in [-0.25, -0.2) is 8.42 Å². The number of oxime groups is 1. The number of hydrogen-bond acceptors (Lipinski definition) is 6. The van der Waals surface area contributed by atoms with E-state index in [1.165, 1.54) is 7.11 Å². The smallest absolute Gasteiger partial charge is 0.170 e. The number of amidine groups is 1. The summed E-state index contributed by atoms with van der Waals surface area (Å²) in [6.07, 6.45) is 0. The Hall–Kier alpha value is -1.96. The molecule has 0 radical (unpaired) electrons. The molecule has 112 valence electrons. The molecule has 0 amide bonds. The van der Waals surface area contributed by atoms with Crippen molar-refractivity contribution in [3.05, 3.63) is 23.8 Å². The topological polar surface area (TPSA) is 111 Å². The van der Waals surface area contributed by atoms with Gasteiger partial charge in [-0.05, 0) is 18.2 Å². The highest BCUT2D eigenvalue weighted by atomic mass is 32.2.